The van der Waals surface area contributed by atoms with E-state index in [1.807, 2.05) is 0 Å². The maximum Gasteiger partial charge on any atom is 0.161 e. The molecule has 246 valence electrons. The van der Waals surface area contributed by atoms with Crippen molar-refractivity contribution in [2.24, 2.45) is 0 Å². The first-order chi connectivity index (χ1) is 23.7. The fraction of sp³-hybridized carbons (Fsp3) is 0.350. The van der Waals surface area contributed by atoms with Crippen LogP contribution in [0, 0.1) is 0 Å². The van der Waals surface area contributed by atoms with Gasteiger partial charge in [0.15, 0.2) is 13.5 Å². The Morgan fingerprint density at radius 1 is 0.458 bits per heavy atom. The Morgan fingerprint density at radius 2 is 0.917 bits per heavy atom. The second-order valence-electron chi connectivity index (χ2n) is 13.6. The maximum absolute atomic E-state index is 6.18. The van der Waals surface area contributed by atoms with Crippen LogP contribution in [0.25, 0.3) is 0 Å². The number of rotatable bonds is 6. The van der Waals surface area contributed by atoms with E-state index in [0.29, 0.717) is 26.9 Å². The normalized spacial score (nSPS) is 20.6. The highest BCUT2D eigenvalue weighted by Gasteiger charge is 2.26. The van der Waals surface area contributed by atoms with Gasteiger partial charge in [0.25, 0.3) is 0 Å². The first kappa shape index (κ1) is 29.5. The zero-order valence-electron chi connectivity index (χ0n) is 27.4. The molecule has 2 saturated heterocycles. The number of ether oxygens (including phenoxy) is 4. The molecule has 0 radical (unpaired) electrons. The second-order valence-corrected chi connectivity index (χ2v) is 13.6. The molecule has 0 saturated carbocycles. The SMILES string of the molecule is C1=C2CN(c3ccc4c(c3)CN(Cc3ccc(CN5COc6ccc(N7COC8=CCCC=C8C7)cc6C5)cc3)CO4)COC2=CCC1. The average Bonchev–Trinajstić information content (AvgIpc) is 3.14. The molecule has 9 rings (SSSR count). The highest BCUT2D eigenvalue weighted by atomic mass is 16.5. The van der Waals surface area contributed by atoms with Crippen LogP contribution in [0.2, 0.25) is 0 Å². The summed E-state index contributed by atoms with van der Waals surface area (Å²) >= 11 is 0. The van der Waals surface area contributed by atoms with E-state index in [2.05, 4.69) is 105 Å². The molecule has 2 aliphatic carbocycles. The Balaban J connectivity index is 0.804. The van der Waals surface area contributed by atoms with Crippen LogP contribution in [-0.2, 0) is 35.7 Å². The quantitative estimate of drug-likeness (QED) is 0.280. The second kappa shape index (κ2) is 12.7. The third-order valence-corrected chi connectivity index (χ3v) is 10.1. The fourth-order valence-corrected chi connectivity index (χ4v) is 7.54. The van der Waals surface area contributed by atoms with Gasteiger partial charge in [0.1, 0.15) is 36.5 Å². The minimum atomic E-state index is 0.585. The van der Waals surface area contributed by atoms with E-state index in [1.165, 1.54) is 44.8 Å². The van der Waals surface area contributed by atoms with Crippen LogP contribution >= 0.6 is 0 Å². The van der Waals surface area contributed by atoms with Gasteiger partial charge in [-0.2, -0.15) is 0 Å². The van der Waals surface area contributed by atoms with Gasteiger partial charge in [0, 0.05) is 72.9 Å². The standard InChI is InChI=1S/C40H42N4O4/c1-3-7-37-31(5-1)23-43(27-47-37)35-13-15-39-33(17-35)21-41(25-45-39)19-29-9-11-30(12-10-29)20-42-22-34-18-36(14-16-40(34)46-26-42)44-24-32-6-2-4-8-38(32)48-28-44/h5-18H,1-4,19-28H2. The molecule has 3 aromatic carbocycles. The first-order valence-electron chi connectivity index (χ1n) is 17.3. The average molecular weight is 643 g/mol. The van der Waals surface area contributed by atoms with E-state index in [1.54, 1.807) is 0 Å². The molecule has 0 unspecified atom stereocenters. The summed E-state index contributed by atoms with van der Waals surface area (Å²) in [5.41, 5.74) is 9.99. The molecule has 0 aromatic heterocycles. The van der Waals surface area contributed by atoms with Crippen molar-refractivity contribution >= 4 is 11.4 Å². The van der Waals surface area contributed by atoms with Crippen molar-refractivity contribution in [3.63, 3.8) is 0 Å². The summed E-state index contributed by atoms with van der Waals surface area (Å²) in [7, 11) is 0. The van der Waals surface area contributed by atoms with Crippen molar-refractivity contribution in [2.45, 2.75) is 51.9 Å². The Morgan fingerprint density at radius 3 is 1.40 bits per heavy atom. The summed E-state index contributed by atoms with van der Waals surface area (Å²) in [6, 6.07) is 22.1. The summed E-state index contributed by atoms with van der Waals surface area (Å²) in [6.45, 7) is 7.54. The lowest BCUT2D eigenvalue weighted by molar-refractivity contribution is 0.0878. The Kier molecular flexibility index (Phi) is 7.83. The van der Waals surface area contributed by atoms with Gasteiger partial charge in [-0.15, -0.1) is 0 Å². The number of fused-ring (bicyclic) bond motifs is 4. The molecular formula is C40H42N4O4. The Hall–Kier alpha value is -4.66. The molecule has 4 aliphatic heterocycles. The van der Waals surface area contributed by atoms with Gasteiger partial charge in [-0.05, 0) is 85.4 Å². The monoisotopic (exact) mass is 642 g/mol. The van der Waals surface area contributed by atoms with E-state index >= 15 is 0 Å². The number of hydrogen-bond acceptors (Lipinski definition) is 8. The Bertz CT molecular complexity index is 1690. The zero-order chi connectivity index (χ0) is 31.9. The summed E-state index contributed by atoms with van der Waals surface area (Å²) in [5, 5.41) is 0. The van der Waals surface area contributed by atoms with Crippen molar-refractivity contribution in [2.75, 3.05) is 49.8 Å². The minimum Gasteiger partial charge on any atom is -0.478 e. The number of allylic oxidation sites excluding steroid dienone is 4. The van der Waals surface area contributed by atoms with Crippen molar-refractivity contribution in [3.05, 3.63) is 130 Å². The molecule has 0 atom stereocenters. The largest absolute Gasteiger partial charge is 0.478 e. The van der Waals surface area contributed by atoms with Crippen molar-refractivity contribution < 1.29 is 18.9 Å². The predicted octanol–water partition coefficient (Wildman–Crippen LogP) is 7.19. The topological polar surface area (TPSA) is 49.9 Å². The van der Waals surface area contributed by atoms with Crippen LogP contribution in [0.3, 0.4) is 0 Å². The number of anilines is 2. The number of hydrogen-bond donors (Lipinski definition) is 0. The van der Waals surface area contributed by atoms with Crippen LogP contribution in [0.1, 0.15) is 47.9 Å². The van der Waals surface area contributed by atoms with Crippen LogP contribution in [-0.4, -0.2) is 49.8 Å². The third-order valence-electron chi connectivity index (χ3n) is 10.1. The highest BCUT2D eigenvalue weighted by Crippen LogP contribution is 2.35. The van der Waals surface area contributed by atoms with E-state index in [-0.39, 0.29) is 0 Å². The van der Waals surface area contributed by atoms with Crippen LogP contribution in [0.4, 0.5) is 11.4 Å². The molecule has 4 heterocycles. The highest BCUT2D eigenvalue weighted by molar-refractivity contribution is 5.57. The summed E-state index contributed by atoms with van der Waals surface area (Å²) in [5.74, 6) is 4.10. The molecule has 8 heteroatoms. The first-order valence-corrected chi connectivity index (χ1v) is 17.3. The Labute approximate surface area is 282 Å². The fourth-order valence-electron chi connectivity index (χ4n) is 7.54. The van der Waals surface area contributed by atoms with E-state index in [4.69, 9.17) is 18.9 Å². The van der Waals surface area contributed by atoms with Crippen LogP contribution in [0.15, 0.2) is 108 Å². The van der Waals surface area contributed by atoms with Gasteiger partial charge in [0.2, 0.25) is 0 Å². The number of benzene rings is 3. The number of nitrogens with zero attached hydrogens (tertiary/aromatic N) is 4. The molecule has 2 fully saturated rings. The van der Waals surface area contributed by atoms with Gasteiger partial charge in [0.05, 0.1) is 0 Å². The maximum atomic E-state index is 6.18. The van der Waals surface area contributed by atoms with Crippen LogP contribution in [0.5, 0.6) is 11.5 Å². The zero-order valence-corrected chi connectivity index (χ0v) is 27.4. The lowest BCUT2D eigenvalue weighted by atomic mass is 10.0. The molecule has 0 N–H and O–H groups in total. The molecular weight excluding hydrogens is 600 g/mol. The molecule has 0 bridgehead atoms. The van der Waals surface area contributed by atoms with E-state index in [9.17, 15) is 0 Å². The van der Waals surface area contributed by atoms with E-state index in [0.717, 1.165) is 88.0 Å². The molecule has 48 heavy (non-hydrogen) atoms. The smallest absolute Gasteiger partial charge is 0.161 e. The predicted molar refractivity (Wildman–Crippen MR) is 186 cm³/mol. The summed E-state index contributed by atoms with van der Waals surface area (Å²) < 4.78 is 24.5. The van der Waals surface area contributed by atoms with Gasteiger partial charge >= 0.3 is 0 Å². The summed E-state index contributed by atoms with van der Waals surface area (Å²) in [6.07, 6.45) is 13.4. The van der Waals surface area contributed by atoms with Crippen molar-refractivity contribution in [3.8, 4) is 11.5 Å². The molecule has 0 spiro atoms. The van der Waals surface area contributed by atoms with Gasteiger partial charge in [-0.3, -0.25) is 9.80 Å². The lowest BCUT2D eigenvalue weighted by Crippen LogP contribution is -2.35. The van der Waals surface area contributed by atoms with Gasteiger partial charge in [-0.1, -0.05) is 36.4 Å². The third kappa shape index (κ3) is 6.06. The van der Waals surface area contributed by atoms with E-state index < -0.39 is 0 Å². The van der Waals surface area contributed by atoms with Crippen molar-refractivity contribution in [1.29, 1.82) is 0 Å². The molecule has 6 aliphatic rings. The van der Waals surface area contributed by atoms with Gasteiger partial charge < -0.3 is 28.7 Å². The van der Waals surface area contributed by atoms with Crippen molar-refractivity contribution in [1.82, 2.24) is 9.80 Å². The van der Waals surface area contributed by atoms with Crippen LogP contribution < -0.4 is 19.3 Å². The minimum absolute atomic E-state index is 0.585. The molecule has 3 aromatic rings. The molecule has 0 amide bonds. The molecule has 8 nitrogen and oxygen atoms in total. The van der Waals surface area contributed by atoms with Gasteiger partial charge in [-0.25, -0.2) is 0 Å². The lowest BCUT2D eigenvalue weighted by Gasteiger charge is -2.35. The summed E-state index contributed by atoms with van der Waals surface area (Å²) in [4.78, 5) is 9.34.